The van der Waals surface area contributed by atoms with Crippen molar-refractivity contribution in [1.29, 1.82) is 0 Å². The fraction of sp³-hybridized carbons (Fsp3) is 0.312. The number of hydrogen-bond acceptors (Lipinski definition) is 4. The van der Waals surface area contributed by atoms with Crippen LogP contribution in [0.3, 0.4) is 0 Å². The Labute approximate surface area is 133 Å². The highest BCUT2D eigenvalue weighted by Crippen LogP contribution is 2.26. The van der Waals surface area contributed by atoms with Gasteiger partial charge in [0.1, 0.15) is 5.01 Å². The highest BCUT2D eigenvalue weighted by Gasteiger charge is 2.24. The van der Waals surface area contributed by atoms with E-state index in [0.717, 1.165) is 5.56 Å². The molecule has 0 aliphatic rings. The number of nitrogens with one attached hydrogen (secondary N) is 1. The van der Waals surface area contributed by atoms with Crippen molar-refractivity contribution in [2.75, 3.05) is 0 Å². The summed E-state index contributed by atoms with van der Waals surface area (Å²) in [7, 11) is 0. The number of aromatic nitrogens is 1. The molecule has 5 nitrogen and oxygen atoms in total. The lowest BCUT2D eigenvalue weighted by atomic mass is 9.81. The Morgan fingerprint density at radius 1 is 1.27 bits per heavy atom. The van der Waals surface area contributed by atoms with Crippen LogP contribution in [0, 0.1) is 0 Å². The number of amides is 1. The summed E-state index contributed by atoms with van der Waals surface area (Å²) in [5.41, 5.74) is 0.854. The van der Waals surface area contributed by atoms with Crippen molar-refractivity contribution in [3.8, 4) is 0 Å². The van der Waals surface area contributed by atoms with E-state index in [1.807, 2.05) is 44.2 Å². The maximum atomic E-state index is 12.1. The monoisotopic (exact) mass is 318 g/mol. The van der Waals surface area contributed by atoms with Gasteiger partial charge in [0.25, 0.3) is 0 Å². The Morgan fingerprint density at radius 3 is 2.55 bits per heavy atom. The second kappa shape index (κ2) is 6.70. The fourth-order valence-electron chi connectivity index (χ4n) is 2.12. The molecule has 0 saturated carbocycles. The first kappa shape index (κ1) is 16.2. The molecule has 0 radical (unpaired) electrons. The first-order valence-electron chi connectivity index (χ1n) is 6.88. The van der Waals surface area contributed by atoms with Crippen LogP contribution in [0.4, 0.5) is 0 Å². The van der Waals surface area contributed by atoms with E-state index in [2.05, 4.69) is 10.3 Å². The summed E-state index contributed by atoms with van der Waals surface area (Å²) in [5, 5.41) is 13.7. The molecule has 0 saturated heterocycles. The normalized spacial score (nSPS) is 11.2. The summed E-state index contributed by atoms with van der Waals surface area (Å²) in [6.07, 6.45) is 0.355. The van der Waals surface area contributed by atoms with E-state index in [-0.39, 0.29) is 23.6 Å². The largest absolute Gasteiger partial charge is 0.476 e. The quantitative estimate of drug-likeness (QED) is 0.858. The number of nitrogens with zero attached hydrogens (tertiary/aromatic N) is 1. The zero-order chi connectivity index (χ0) is 16.2. The van der Waals surface area contributed by atoms with Crippen molar-refractivity contribution in [1.82, 2.24) is 10.3 Å². The highest BCUT2D eigenvalue weighted by molar-refractivity contribution is 7.09. The molecule has 0 aliphatic heterocycles. The number of carboxylic acid groups (broad SMARTS) is 1. The lowest BCUT2D eigenvalue weighted by molar-refractivity contribution is -0.122. The first-order valence-corrected chi connectivity index (χ1v) is 7.76. The lowest BCUT2D eigenvalue weighted by Crippen LogP contribution is -2.30. The molecule has 1 aromatic carbocycles. The van der Waals surface area contributed by atoms with E-state index < -0.39 is 5.97 Å². The predicted octanol–water partition coefficient (Wildman–Crippen LogP) is 2.83. The van der Waals surface area contributed by atoms with Crippen molar-refractivity contribution in [3.05, 3.63) is 52.0 Å². The molecule has 2 rings (SSSR count). The molecule has 0 spiro atoms. The number of carboxylic acids is 1. The van der Waals surface area contributed by atoms with Gasteiger partial charge in [-0.15, -0.1) is 11.3 Å². The Hall–Kier alpha value is -2.21. The molecule has 1 heterocycles. The second-order valence-corrected chi connectivity index (χ2v) is 6.58. The van der Waals surface area contributed by atoms with Gasteiger partial charge in [0.15, 0.2) is 5.69 Å². The number of benzene rings is 1. The average Bonchev–Trinajstić information content (AvgIpc) is 2.95. The van der Waals surface area contributed by atoms with Crippen LogP contribution in [0.1, 0.15) is 41.3 Å². The van der Waals surface area contributed by atoms with E-state index in [9.17, 15) is 9.59 Å². The van der Waals surface area contributed by atoms with Gasteiger partial charge in [0, 0.05) is 11.8 Å². The van der Waals surface area contributed by atoms with E-state index in [0.29, 0.717) is 11.4 Å². The summed E-state index contributed by atoms with van der Waals surface area (Å²) in [4.78, 5) is 26.8. The molecule has 0 bridgehead atoms. The number of carbonyl (C=O) groups excluding carboxylic acids is 1. The van der Waals surface area contributed by atoms with Crippen molar-refractivity contribution in [2.24, 2.45) is 0 Å². The summed E-state index contributed by atoms with van der Waals surface area (Å²) < 4.78 is 0. The molecule has 0 aliphatic carbocycles. The van der Waals surface area contributed by atoms with Crippen LogP contribution in [-0.2, 0) is 16.8 Å². The molecule has 6 heteroatoms. The van der Waals surface area contributed by atoms with Crippen LogP contribution in [0.25, 0.3) is 0 Å². The minimum Gasteiger partial charge on any atom is -0.476 e. The Kier molecular flexibility index (Phi) is 4.92. The van der Waals surface area contributed by atoms with E-state index >= 15 is 0 Å². The van der Waals surface area contributed by atoms with Crippen LogP contribution >= 0.6 is 11.3 Å². The maximum absolute atomic E-state index is 12.1. The average molecular weight is 318 g/mol. The molecule has 1 amide bonds. The minimum absolute atomic E-state index is 0.0128. The summed E-state index contributed by atoms with van der Waals surface area (Å²) >= 11 is 1.23. The number of aromatic carboxylic acids is 1. The molecule has 2 N–H and O–H groups in total. The Bertz CT molecular complexity index is 665. The van der Waals surface area contributed by atoms with Gasteiger partial charge in [-0.25, -0.2) is 9.78 Å². The fourth-order valence-corrected chi connectivity index (χ4v) is 2.83. The molecule has 0 unspecified atom stereocenters. The van der Waals surface area contributed by atoms with Crippen molar-refractivity contribution in [3.63, 3.8) is 0 Å². The molecular weight excluding hydrogens is 300 g/mol. The zero-order valence-corrected chi connectivity index (χ0v) is 13.3. The third-order valence-electron chi connectivity index (χ3n) is 3.37. The lowest BCUT2D eigenvalue weighted by Gasteiger charge is -2.24. The third-order valence-corrected chi connectivity index (χ3v) is 4.21. The third kappa shape index (κ3) is 4.14. The van der Waals surface area contributed by atoms with E-state index in [1.165, 1.54) is 16.7 Å². The number of carbonyl (C=O) groups is 2. The molecule has 22 heavy (non-hydrogen) atoms. The van der Waals surface area contributed by atoms with Crippen LogP contribution in [0.2, 0.25) is 0 Å². The second-order valence-electron chi connectivity index (χ2n) is 5.64. The molecule has 0 atom stereocenters. The van der Waals surface area contributed by atoms with Gasteiger partial charge in [-0.1, -0.05) is 44.2 Å². The van der Waals surface area contributed by atoms with Gasteiger partial charge in [0.05, 0.1) is 6.54 Å². The number of rotatable bonds is 6. The first-order chi connectivity index (χ1) is 10.4. The van der Waals surface area contributed by atoms with Crippen LogP contribution in [0.5, 0.6) is 0 Å². The standard InChI is InChI=1S/C16H18N2O3S/c1-16(2,11-6-4-3-5-7-11)8-13(19)17-9-14-18-12(10-22-14)15(20)21/h3-7,10H,8-9H2,1-2H3,(H,17,19)(H,20,21). The molecule has 116 valence electrons. The van der Waals surface area contributed by atoms with Crippen molar-refractivity contribution in [2.45, 2.75) is 32.2 Å². The van der Waals surface area contributed by atoms with Gasteiger partial charge in [0.2, 0.25) is 5.91 Å². The van der Waals surface area contributed by atoms with Gasteiger partial charge >= 0.3 is 5.97 Å². The SMILES string of the molecule is CC(C)(CC(=O)NCc1nc(C(=O)O)cs1)c1ccccc1. The van der Waals surface area contributed by atoms with Crippen LogP contribution in [-0.4, -0.2) is 22.0 Å². The van der Waals surface area contributed by atoms with E-state index in [1.54, 1.807) is 0 Å². The smallest absolute Gasteiger partial charge is 0.355 e. The van der Waals surface area contributed by atoms with Crippen molar-refractivity contribution < 1.29 is 14.7 Å². The molecule has 2 aromatic rings. The molecule has 0 fully saturated rings. The van der Waals surface area contributed by atoms with E-state index in [4.69, 9.17) is 5.11 Å². The topological polar surface area (TPSA) is 79.3 Å². The maximum Gasteiger partial charge on any atom is 0.355 e. The highest BCUT2D eigenvalue weighted by atomic mass is 32.1. The Morgan fingerprint density at radius 2 is 1.95 bits per heavy atom. The van der Waals surface area contributed by atoms with Gasteiger partial charge in [-0.3, -0.25) is 4.79 Å². The van der Waals surface area contributed by atoms with Gasteiger partial charge in [-0.05, 0) is 11.0 Å². The molecular formula is C16H18N2O3S. The number of hydrogen-bond donors (Lipinski definition) is 2. The van der Waals surface area contributed by atoms with Crippen LogP contribution < -0.4 is 5.32 Å². The van der Waals surface area contributed by atoms with Gasteiger partial charge in [-0.2, -0.15) is 0 Å². The predicted molar refractivity (Wildman–Crippen MR) is 85.0 cm³/mol. The zero-order valence-electron chi connectivity index (χ0n) is 12.5. The van der Waals surface area contributed by atoms with Gasteiger partial charge < -0.3 is 10.4 Å². The summed E-state index contributed by atoms with van der Waals surface area (Å²) in [5.74, 6) is -1.14. The Balaban J connectivity index is 1.91. The molecule has 1 aromatic heterocycles. The summed E-state index contributed by atoms with van der Waals surface area (Å²) in [6.45, 7) is 4.29. The van der Waals surface area contributed by atoms with Crippen molar-refractivity contribution >= 4 is 23.2 Å². The number of thiazole rings is 1. The minimum atomic E-state index is -1.06. The summed E-state index contributed by atoms with van der Waals surface area (Å²) in [6, 6.07) is 9.87. The van der Waals surface area contributed by atoms with Crippen LogP contribution in [0.15, 0.2) is 35.7 Å².